The maximum atomic E-state index is 12.8. The molecule has 0 bridgehead atoms. The van der Waals surface area contributed by atoms with Gasteiger partial charge in [-0.15, -0.1) is 0 Å². The van der Waals surface area contributed by atoms with Gasteiger partial charge < -0.3 is 19.0 Å². The first kappa shape index (κ1) is 16.6. The van der Waals surface area contributed by atoms with Gasteiger partial charge in [-0.2, -0.15) is 0 Å². The molecule has 6 heteroatoms. The summed E-state index contributed by atoms with van der Waals surface area (Å²) in [4.78, 5) is 20.9. The molecular weight excluding hydrogens is 330 g/mol. The zero-order valence-corrected chi connectivity index (χ0v) is 14.7. The molecule has 3 heterocycles. The lowest BCUT2D eigenvalue weighted by molar-refractivity contribution is 0.0770. The highest BCUT2D eigenvalue weighted by molar-refractivity contribution is 5.93. The Bertz CT molecular complexity index is 882. The SMILES string of the molecule is CN(Cc1cc2ccccc2o1)C(=O)c1cc(N2CCOCC2)ccn1. The van der Waals surface area contributed by atoms with Crippen molar-refractivity contribution in [3.63, 3.8) is 0 Å². The molecule has 1 aliphatic rings. The summed E-state index contributed by atoms with van der Waals surface area (Å²) in [5.41, 5.74) is 2.27. The molecule has 2 aromatic heterocycles. The number of furan rings is 1. The highest BCUT2D eigenvalue weighted by Crippen LogP contribution is 2.21. The molecule has 6 nitrogen and oxygen atoms in total. The van der Waals surface area contributed by atoms with Gasteiger partial charge in [-0.25, -0.2) is 0 Å². The van der Waals surface area contributed by atoms with E-state index in [-0.39, 0.29) is 5.91 Å². The second kappa shape index (κ2) is 7.17. The van der Waals surface area contributed by atoms with Crippen molar-refractivity contribution in [2.45, 2.75) is 6.54 Å². The number of nitrogens with zero attached hydrogens (tertiary/aromatic N) is 3. The van der Waals surface area contributed by atoms with Crippen LogP contribution in [0.4, 0.5) is 5.69 Å². The maximum Gasteiger partial charge on any atom is 0.272 e. The van der Waals surface area contributed by atoms with Crippen LogP contribution in [0.1, 0.15) is 16.2 Å². The summed E-state index contributed by atoms with van der Waals surface area (Å²) in [6.07, 6.45) is 1.69. The molecule has 1 saturated heterocycles. The van der Waals surface area contributed by atoms with E-state index < -0.39 is 0 Å². The fraction of sp³-hybridized carbons (Fsp3) is 0.300. The Balaban J connectivity index is 1.49. The smallest absolute Gasteiger partial charge is 0.272 e. The average Bonchev–Trinajstić information content (AvgIpc) is 3.10. The molecule has 26 heavy (non-hydrogen) atoms. The van der Waals surface area contributed by atoms with Crippen LogP contribution < -0.4 is 4.90 Å². The van der Waals surface area contributed by atoms with E-state index in [1.807, 2.05) is 42.5 Å². The van der Waals surface area contributed by atoms with E-state index in [1.54, 1.807) is 18.1 Å². The lowest BCUT2D eigenvalue weighted by atomic mass is 10.2. The van der Waals surface area contributed by atoms with Gasteiger partial charge in [0.2, 0.25) is 0 Å². The Hall–Kier alpha value is -2.86. The Morgan fingerprint density at radius 3 is 2.81 bits per heavy atom. The van der Waals surface area contributed by atoms with Crippen LogP contribution in [0, 0.1) is 0 Å². The number of fused-ring (bicyclic) bond motifs is 1. The summed E-state index contributed by atoms with van der Waals surface area (Å²) >= 11 is 0. The number of carbonyl (C=O) groups is 1. The molecule has 4 rings (SSSR count). The van der Waals surface area contributed by atoms with Crippen molar-refractivity contribution < 1.29 is 13.9 Å². The van der Waals surface area contributed by atoms with Gasteiger partial charge in [0.25, 0.3) is 5.91 Å². The van der Waals surface area contributed by atoms with Crippen LogP contribution in [0.3, 0.4) is 0 Å². The van der Waals surface area contributed by atoms with Gasteiger partial charge >= 0.3 is 0 Å². The monoisotopic (exact) mass is 351 g/mol. The zero-order chi connectivity index (χ0) is 17.9. The molecule has 0 aliphatic carbocycles. The van der Waals surface area contributed by atoms with Gasteiger partial charge in [0.05, 0.1) is 19.8 Å². The number of amides is 1. The number of pyridine rings is 1. The summed E-state index contributed by atoms with van der Waals surface area (Å²) in [5, 5.41) is 1.04. The van der Waals surface area contributed by atoms with E-state index in [4.69, 9.17) is 9.15 Å². The largest absolute Gasteiger partial charge is 0.459 e. The predicted molar refractivity (Wildman–Crippen MR) is 99.3 cm³/mol. The second-order valence-electron chi connectivity index (χ2n) is 6.41. The topological polar surface area (TPSA) is 58.8 Å². The van der Waals surface area contributed by atoms with Crippen LogP contribution in [0.25, 0.3) is 11.0 Å². The molecule has 134 valence electrons. The molecule has 1 amide bonds. The van der Waals surface area contributed by atoms with Crippen LogP contribution >= 0.6 is 0 Å². The van der Waals surface area contributed by atoms with E-state index in [0.29, 0.717) is 25.5 Å². The number of hydrogen-bond acceptors (Lipinski definition) is 5. The minimum absolute atomic E-state index is 0.124. The maximum absolute atomic E-state index is 12.8. The molecule has 1 aliphatic heterocycles. The molecule has 1 aromatic carbocycles. The summed E-state index contributed by atoms with van der Waals surface area (Å²) in [6, 6.07) is 13.6. The first-order valence-corrected chi connectivity index (χ1v) is 8.72. The van der Waals surface area contributed by atoms with Crippen molar-refractivity contribution in [1.82, 2.24) is 9.88 Å². The molecular formula is C20H21N3O3. The van der Waals surface area contributed by atoms with Crippen molar-refractivity contribution in [2.75, 3.05) is 38.3 Å². The lowest BCUT2D eigenvalue weighted by Crippen LogP contribution is -2.36. The van der Waals surface area contributed by atoms with E-state index in [0.717, 1.165) is 35.5 Å². The quantitative estimate of drug-likeness (QED) is 0.723. The normalized spacial score (nSPS) is 14.6. The number of hydrogen-bond donors (Lipinski definition) is 0. The van der Waals surface area contributed by atoms with Gasteiger partial charge in [0.15, 0.2) is 0 Å². The molecule has 0 spiro atoms. The highest BCUT2D eigenvalue weighted by Gasteiger charge is 2.18. The Morgan fingerprint density at radius 1 is 1.19 bits per heavy atom. The standard InChI is InChI=1S/C20H21N3O3/c1-22(14-17-12-15-4-2-3-5-19(15)26-17)20(24)18-13-16(6-7-21-18)23-8-10-25-11-9-23/h2-7,12-13H,8-11,14H2,1H3. The Kier molecular flexibility index (Phi) is 4.58. The fourth-order valence-electron chi connectivity index (χ4n) is 3.17. The van der Waals surface area contributed by atoms with Crippen molar-refractivity contribution >= 4 is 22.6 Å². The third kappa shape index (κ3) is 3.41. The van der Waals surface area contributed by atoms with Crippen LogP contribution in [0.15, 0.2) is 53.1 Å². The van der Waals surface area contributed by atoms with E-state index in [1.165, 1.54) is 0 Å². The minimum Gasteiger partial charge on any atom is -0.459 e. The molecule has 0 N–H and O–H groups in total. The van der Waals surface area contributed by atoms with Crippen LogP contribution in [-0.2, 0) is 11.3 Å². The summed E-state index contributed by atoms with van der Waals surface area (Å²) < 4.78 is 11.2. The number of anilines is 1. The van der Waals surface area contributed by atoms with E-state index in [2.05, 4.69) is 9.88 Å². The number of para-hydroxylation sites is 1. The molecule has 3 aromatic rings. The molecule has 0 saturated carbocycles. The molecule has 1 fully saturated rings. The van der Waals surface area contributed by atoms with Crippen molar-refractivity contribution in [3.8, 4) is 0 Å². The first-order valence-electron chi connectivity index (χ1n) is 8.72. The van der Waals surface area contributed by atoms with Crippen molar-refractivity contribution in [2.24, 2.45) is 0 Å². The molecule has 0 unspecified atom stereocenters. The third-order valence-corrected chi connectivity index (χ3v) is 4.56. The Labute approximate surface area is 152 Å². The van der Waals surface area contributed by atoms with Crippen LogP contribution in [0.5, 0.6) is 0 Å². The van der Waals surface area contributed by atoms with E-state index in [9.17, 15) is 4.79 Å². The molecule has 0 atom stereocenters. The number of rotatable bonds is 4. The van der Waals surface area contributed by atoms with Crippen molar-refractivity contribution in [3.05, 3.63) is 60.1 Å². The number of morpholine rings is 1. The van der Waals surface area contributed by atoms with Crippen LogP contribution in [0.2, 0.25) is 0 Å². The summed E-state index contributed by atoms with van der Waals surface area (Å²) in [7, 11) is 1.76. The highest BCUT2D eigenvalue weighted by atomic mass is 16.5. The van der Waals surface area contributed by atoms with Crippen molar-refractivity contribution in [1.29, 1.82) is 0 Å². The number of aromatic nitrogens is 1. The van der Waals surface area contributed by atoms with Gasteiger partial charge in [0, 0.05) is 37.4 Å². The zero-order valence-electron chi connectivity index (χ0n) is 14.7. The van der Waals surface area contributed by atoms with Gasteiger partial charge in [-0.1, -0.05) is 18.2 Å². The first-order chi connectivity index (χ1) is 12.7. The fourth-order valence-corrected chi connectivity index (χ4v) is 3.17. The van der Waals surface area contributed by atoms with Gasteiger partial charge in [-0.3, -0.25) is 9.78 Å². The molecule has 0 radical (unpaired) electrons. The van der Waals surface area contributed by atoms with Crippen LogP contribution in [-0.4, -0.2) is 49.1 Å². The summed E-state index contributed by atoms with van der Waals surface area (Å²) in [5.74, 6) is 0.631. The second-order valence-corrected chi connectivity index (χ2v) is 6.41. The third-order valence-electron chi connectivity index (χ3n) is 4.56. The minimum atomic E-state index is -0.124. The lowest BCUT2D eigenvalue weighted by Gasteiger charge is -2.29. The predicted octanol–water partition coefficient (Wildman–Crippen LogP) is 2.94. The van der Waals surface area contributed by atoms with E-state index >= 15 is 0 Å². The van der Waals surface area contributed by atoms with Gasteiger partial charge in [0.1, 0.15) is 17.0 Å². The number of carbonyl (C=O) groups excluding carboxylic acids is 1. The average molecular weight is 351 g/mol. The number of ether oxygens (including phenoxy) is 1. The van der Waals surface area contributed by atoms with Gasteiger partial charge in [-0.05, 0) is 24.3 Å². The number of benzene rings is 1. The Morgan fingerprint density at radius 2 is 2.00 bits per heavy atom. The summed E-state index contributed by atoms with van der Waals surface area (Å²) in [6.45, 7) is 3.46.